The van der Waals surface area contributed by atoms with Gasteiger partial charge in [0.15, 0.2) is 0 Å². The fraction of sp³-hybridized carbons (Fsp3) is 0.562. The first-order valence-corrected chi connectivity index (χ1v) is 7.47. The van der Waals surface area contributed by atoms with E-state index in [4.69, 9.17) is 9.84 Å². The van der Waals surface area contributed by atoms with Crippen LogP contribution in [0.3, 0.4) is 0 Å². The lowest BCUT2D eigenvalue weighted by Gasteiger charge is -2.22. The number of carbonyl (C=O) groups excluding carboxylic acids is 1. The summed E-state index contributed by atoms with van der Waals surface area (Å²) < 4.78 is 5.06. The number of aliphatic hydroxyl groups excluding tert-OH is 1. The lowest BCUT2D eigenvalue weighted by atomic mass is 9.84. The molecule has 3 rings (SSSR count). The molecular formula is C16H21NO3. The van der Waals surface area contributed by atoms with Crippen LogP contribution in [0, 0.1) is 0 Å². The Morgan fingerprint density at radius 3 is 2.45 bits per heavy atom. The molecule has 2 fully saturated rings. The van der Waals surface area contributed by atoms with Crippen LogP contribution in [0.5, 0.6) is 0 Å². The molecule has 1 saturated heterocycles. The zero-order valence-electron chi connectivity index (χ0n) is 11.6. The smallest absolute Gasteiger partial charge is 0.414 e. The maximum Gasteiger partial charge on any atom is 0.414 e. The van der Waals surface area contributed by atoms with Gasteiger partial charge >= 0.3 is 6.09 Å². The molecule has 1 aromatic carbocycles. The van der Waals surface area contributed by atoms with E-state index in [1.807, 2.05) is 12.1 Å². The van der Waals surface area contributed by atoms with Gasteiger partial charge in [-0.05, 0) is 36.5 Å². The van der Waals surface area contributed by atoms with Gasteiger partial charge in [0.2, 0.25) is 0 Å². The minimum absolute atomic E-state index is 0.123. The molecule has 2 aliphatic rings. The van der Waals surface area contributed by atoms with Gasteiger partial charge in [0.25, 0.3) is 0 Å². The molecule has 1 aromatic rings. The summed E-state index contributed by atoms with van der Waals surface area (Å²) in [5.41, 5.74) is 2.23. The van der Waals surface area contributed by atoms with Gasteiger partial charge in [-0.2, -0.15) is 0 Å². The zero-order chi connectivity index (χ0) is 13.9. The number of amides is 1. The van der Waals surface area contributed by atoms with E-state index in [0.717, 1.165) is 5.69 Å². The Labute approximate surface area is 119 Å². The van der Waals surface area contributed by atoms with Gasteiger partial charge < -0.3 is 9.84 Å². The van der Waals surface area contributed by atoms with Crippen LogP contribution in [0.4, 0.5) is 10.5 Å². The van der Waals surface area contributed by atoms with Crippen molar-refractivity contribution in [3.63, 3.8) is 0 Å². The molecule has 0 radical (unpaired) electrons. The molecule has 0 aromatic heterocycles. The van der Waals surface area contributed by atoms with Gasteiger partial charge in [0.05, 0.1) is 13.2 Å². The molecular weight excluding hydrogens is 254 g/mol. The minimum Gasteiger partial charge on any atom is -0.441 e. The molecule has 4 nitrogen and oxygen atoms in total. The standard InChI is InChI=1S/C16H21NO3/c18-11-15-10-17(16(19)20-15)14-8-6-13(7-9-14)12-4-2-1-3-5-12/h6-9,12,15,18H,1-5,10-11H2/t15-/m1/s1. The Balaban J connectivity index is 1.71. The Morgan fingerprint density at radius 2 is 1.85 bits per heavy atom. The molecule has 1 heterocycles. The largest absolute Gasteiger partial charge is 0.441 e. The fourth-order valence-corrected chi connectivity index (χ4v) is 3.19. The molecule has 1 aliphatic carbocycles. The van der Waals surface area contributed by atoms with Crippen LogP contribution in [0.25, 0.3) is 0 Å². The molecule has 108 valence electrons. The number of hydrogen-bond acceptors (Lipinski definition) is 3. The molecule has 20 heavy (non-hydrogen) atoms. The fourth-order valence-electron chi connectivity index (χ4n) is 3.19. The second kappa shape index (κ2) is 5.83. The minimum atomic E-state index is -0.402. The van der Waals surface area contributed by atoms with E-state index in [1.54, 1.807) is 4.90 Å². The molecule has 1 aliphatic heterocycles. The average molecular weight is 275 g/mol. The summed E-state index contributed by atoms with van der Waals surface area (Å²) >= 11 is 0. The second-order valence-corrected chi connectivity index (χ2v) is 5.73. The van der Waals surface area contributed by atoms with Crippen LogP contribution in [0.15, 0.2) is 24.3 Å². The highest BCUT2D eigenvalue weighted by molar-refractivity contribution is 5.89. The summed E-state index contributed by atoms with van der Waals surface area (Å²) in [4.78, 5) is 13.3. The van der Waals surface area contributed by atoms with Gasteiger partial charge in [-0.1, -0.05) is 31.4 Å². The number of cyclic esters (lactones) is 1. The van der Waals surface area contributed by atoms with E-state index in [1.165, 1.54) is 37.7 Å². The molecule has 1 saturated carbocycles. The quantitative estimate of drug-likeness (QED) is 0.922. The normalized spacial score (nSPS) is 23.9. The number of aliphatic hydroxyl groups is 1. The van der Waals surface area contributed by atoms with Crippen molar-refractivity contribution in [2.45, 2.75) is 44.1 Å². The summed E-state index contributed by atoms with van der Waals surface area (Å²) in [5.74, 6) is 0.675. The third kappa shape index (κ3) is 2.66. The van der Waals surface area contributed by atoms with Crippen LogP contribution in [0.1, 0.15) is 43.6 Å². The Hall–Kier alpha value is -1.55. The lowest BCUT2D eigenvalue weighted by molar-refractivity contribution is 0.0963. The number of hydrogen-bond donors (Lipinski definition) is 1. The first kappa shape index (κ1) is 13.4. The molecule has 0 spiro atoms. The van der Waals surface area contributed by atoms with Crippen LogP contribution in [-0.2, 0) is 4.74 Å². The summed E-state index contributed by atoms with van der Waals surface area (Å²) in [6, 6.07) is 8.24. The van der Waals surface area contributed by atoms with Crippen LogP contribution in [0.2, 0.25) is 0 Å². The van der Waals surface area contributed by atoms with Gasteiger partial charge in [0, 0.05) is 5.69 Å². The highest BCUT2D eigenvalue weighted by Crippen LogP contribution is 2.33. The molecule has 4 heteroatoms. The van der Waals surface area contributed by atoms with Crippen LogP contribution in [-0.4, -0.2) is 30.5 Å². The Morgan fingerprint density at radius 1 is 1.15 bits per heavy atom. The van der Waals surface area contributed by atoms with Gasteiger partial charge in [-0.15, -0.1) is 0 Å². The second-order valence-electron chi connectivity index (χ2n) is 5.73. The van der Waals surface area contributed by atoms with E-state index < -0.39 is 6.10 Å². The van der Waals surface area contributed by atoms with E-state index in [-0.39, 0.29) is 12.7 Å². The molecule has 1 N–H and O–H groups in total. The third-order valence-corrected chi connectivity index (χ3v) is 4.36. The van der Waals surface area contributed by atoms with Crippen molar-refractivity contribution in [1.29, 1.82) is 0 Å². The first-order valence-electron chi connectivity index (χ1n) is 7.47. The van der Waals surface area contributed by atoms with Crippen LogP contribution >= 0.6 is 0 Å². The van der Waals surface area contributed by atoms with Crippen LogP contribution < -0.4 is 4.90 Å². The van der Waals surface area contributed by atoms with E-state index in [0.29, 0.717) is 12.5 Å². The SMILES string of the molecule is O=C1O[C@@H](CO)CN1c1ccc(C2CCCCC2)cc1. The summed E-state index contributed by atoms with van der Waals surface area (Å²) in [6.07, 6.45) is 5.79. The molecule has 0 unspecified atom stereocenters. The topological polar surface area (TPSA) is 49.8 Å². The van der Waals surface area contributed by atoms with Gasteiger partial charge in [-0.3, -0.25) is 4.90 Å². The lowest BCUT2D eigenvalue weighted by Crippen LogP contribution is -2.25. The predicted molar refractivity (Wildman–Crippen MR) is 77.0 cm³/mol. The Bertz CT molecular complexity index is 465. The van der Waals surface area contributed by atoms with Gasteiger partial charge in [0.1, 0.15) is 6.10 Å². The number of nitrogens with zero attached hydrogens (tertiary/aromatic N) is 1. The third-order valence-electron chi connectivity index (χ3n) is 4.36. The predicted octanol–water partition coefficient (Wildman–Crippen LogP) is 3.05. The molecule has 1 amide bonds. The van der Waals surface area contributed by atoms with Crippen molar-refractivity contribution in [3.05, 3.63) is 29.8 Å². The van der Waals surface area contributed by atoms with Crippen molar-refractivity contribution in [3.8, 4) is 0 Å². The molecule has 0 bridgehead atoms. The monoisotopic (exact) mass is 275 g/mol. The van der Waals surface area contributed by atoms with E-state index >= 15 is 0 Å². The van der Waals surface area contributed by atoms with Gasteiger partial charge in [-0.25, -0.2) is 4.79 Å². The highest BCUT2D eigenvalue weighted by Gasteiger charge is 2.31. The highest BCUT2D eigenvalue weighted by atomic mass is 16.6. The summed E-state index contributed by atoms with van der Waals surface area (Å²) in [7, 11) is 0. The Kier molecular flexibility index (Phi) is 3.92. The maximum absolute atomic E-state index is 11.7. The average Bonchev–Trinajstić information content (AvgIpc) is 2.89. The maximum atomic E-state index is 11.7. The number of benzene rings is 1. The molecule has 1 atom stereocenters. The summed E-state index contributed by atoms with van der Waals surface area (Å²) in [5, 5.41) is 9.06. The van der Waals surface area contributed by atoms with Crippen molar-refractivity contribution in [2.75, 3.05) is 18.1 Å². The van der Waals surface area contributed by atoms with Crippen molar-refractivity contribution in [1.82, 2.24) is 0 Å². The van der Waals surface area contributed by atoms with E-state index in [9.17, 15) is 4.79 Å². The van der Waals surface area contributed by atoms with E-state index in [2.05, 4.69) is 12.1 Å². The number of ether oxygens (including phenoxy) is 1. The van der Waals surface area contributed by atoms with Crippen molar-refractivity contribution >= 4 is 11.8 Å². The van der Waals surface area contributed by atoms with Crippen molar-refractivity contribution in [2.24, 2.45) is 0 Å². The number of rotatable bonds is 3. The first-order chi connectivity index (χ1) is 9.78. The number of anilines is 1. The zero-order valence-corrected chi connectivity index (χ0v) is 11.6. The summed E-state index contributed by atoms with van der Waals surface area (Å²) in [6.45, 7) is 0.306. The number of carbonyl (C=O) groups is 1. The van der Waals surface area contributed by atoms with Crippen molar-refractivity contribution < 1.29 is 14.6 Å².